The SMILES string of the molecule is C1=Cc2sc(-c3ccc4oc5ccc(-c6sc7ccccc7c6-c6ccc7c(c6)c6ccccc6n7-c6ccccc6)cc5c4c3)c(-c3ccc4c(c3)c3ccccc3n4-c3ccccc3)c2CC1. The highest BCUT2D eigenvalue weighted by Gasteiger charge is 2.25. The van der Waals surface area contributed by atoms with Crippen LogP contribution in [0.25, 0.3) is 136 Å². The third kappa shape index (κ3) is 5.91. The normalized spacial score (nSPS) is 12.8. The van der Waals surface area contributed by atoms with Crippen LogP contribution in [0.4, 0.5) is 0 Å². The zero-order chi connectivity index (χ0) is 45.2. The monoisotopic (exact) mass is 916 g/mol. The minimum atomic E-state index is 0.901. The zero-order valence-electron chi connectivity index (χ0n) is 37.3. The number of hydrogen-bond acceptors (Lipinski definition) is 3. The maximum atomic E-state index is 6.65. The van der Waals surface area contributed by atoms with Crippen LogP contribution in [-0.4, -0.2) is 9.13 Å². The van der Waals surface area contributed by atoms with Gasteiger partial charge in [0.05, 0.1) is 22.1 Å². The molecule has 0 aliphatic heterocycles. The molecule has 0 spiro atoms. The molecule has 0 fully saturated rings. The Hall–Kier alpha value is -8.22. The van der Waals surface area contributed by atoms with E-state index in [0.717, 1.165) is 34.8 Å². The Morgan fingerprint density at radius 3 is 1.46 bits per heavy atom. The topological polar surface area (TPSA) is 23.0 Å². The molecule has 3 nitrogen and oxygen atoms in total. The standard InChI is InChI=1S/C64H40N2OS2/c1-3-15-43(16-4-1)65-53-23-11-7-19-45(53)49-35-39(27-31-55(49)65)61-47-21-9-13-25-59(47)68-63(61)41-29-33-57-51(37-41)52-38-42(30-34-58(52)67-57)64-62(48-22-10-14-26-60(48)69-64)40-28-32-56-50(36-40)46-20-8-12-24-54(46)66(56)44-17-5-2-6-18-44/h1-9,11-21,23-38H,10,22H2. The van der Waals surface area contributed by atoms with Crippen molar-refractivity contribution in [2.75, 3.05) is 0 Å². The Bertz CT molecular complexity index is 4420. The van der Waals surface area contributed by atoms with Gasteiger partial charge in [-0.3, -0.25) is 0 Å². The lowest BCUT2D eigenvalue weighted by Gasteiger charge is -2.12. The van der Waals surface area contributed by atoms with E-state index < -0.39 is 0 Å². The molecule has 0 radical (unpaired) electrons. The maximum absolute atomic E-state index is 6.65. The first-order valence-electron chi connectivity index (χ1n) is 23.7. The summed E-state index contributed by atoms with van der Waals surface area (Å²) in [7, 11) is 0. The first-order valence-corrected chi connectivity index (χ1v) is 25.3. The van der Waals surface area contributed by atoms with E-state index in [4.69, 9.17) is 4.42 Å². The molecule has 0 bridgehead atoms. The zero-order valence-corrected chi connectivity index (χ0v) is 39.0. The average Bonchev–Trinajstić information content (AvgIpc) is 4.23. The molecule has 14 aromatic rings. The van der Waals surface area contributed by atoms with Crippen molar-refractivity contribution in [2.45, 2.75) is 12.8 Å². The van der Waals surface area contributed by atoms with E-state index in [0.29, 0.717) is 0 Å². The van der Waals surface area contributed by atoms with E-state index in [-0.39, 0.29) is 0 Å². The highest BCUT2D eigenvalue weighted by atomic mass is 32.1. The van der Waals surface area contributed by atoms with Gasteiger partial charge in [-0.1, -0.05) is 109 Å². The van der Waals surface area contributed by atoms with Crippen LogP contribution < -0.4 is 0 Å². The van der Waals surface area contributed by atoms with E-state index in [2.05, 4.69) is 228 Å². The summed E-state index contributed by atoms with van der Waals surface area (Å²) in [5.41, 5.74) is 18.0. The Kier molecular flexibility index (Phi) is 8.53. The lowest BCUT2D eigenvalue weighted by Crippen LogP contribution is -1.94. The highest BCUT2D eigenvalue weighted by Crippen LogP contribution is 2.50. The summed E-state index contributed by atoms with van der Waals surface area (Å²) >= 11 is 3.79. The Balaban J connectivity index is 0.888. The van der Waals surface area contributed by atoms with Gasteiger partial charge in [0.2, 0.25) is 0 Å². The Labute approximate surface area is 405 Å². The van der Waals surface area contributed by atoms with Crippen molar-refractivity contribution in [3.8, 4) is 54.5 Å². The fraction of sp³-hybridized carbons (Fsp3) is 0.0312. The summed E-state index contributed by atoms with van der Waals surface area (Å²) in [4.78, 5) is 3.93. The number of rotatable bonds is 6. The molecular weight excluding hydrogens is 877 g/mol. The minimum Gasteiger partial charge on any atom is -0.456 e. The van der Waals surface area contributed by atoms with E-state index in [9.17, 15) is 0 Å². The first-order chi connectivity index (χ1) is 34.2. The molecular formula is C64H40N2OS2. The number of allylic oxidation sites excluding steroid dienone is 1. The van der Waals surface area contributed by atoms with Gasteiger partial charge in [-0.25, -0.2) is 0 Å². The van der Waals surface area contributed by atoms with Crippen molar-refractivity contribution >= 4 is 104 Å². The van der Waals surface area contributed by atoms with Crippen LogP contribution >= 0.6 is 22.7 Å². The molecule has 0 saturated heterocycles. The smallest absolute Gasteiger partial charge is 0.135 e. The van der Waals surface area contributed by atoms with Crippen molar-refractivity contribution in [1.29, 1.82) is 0 Å². The van der Waals surface area contributed by atoms with Crippen molar-refractivity contribution in [3.63, 3.8) is 0 Å². The molecule has 1 aliphatic rings. The van der Waals surface area contributed by atoms with Gasteiger partial charge in [0.1, 0.15) is 11.2 Å². The molecule has 5 heteroatoms. The van der Waals surface area contributed by atoms with Gasteiger partial charge in [0.25, 0.3) is 0 Å². The maximum Gasteiger partial charge on any atom is 0.135 e. The van der Waals surface area contributed by atoms with Gasteiger partial charge in [-0.2, -0.15) is 0 Å². The van der Waals surface area contributed by atoms with Gasteiger partial charge in [-0.15, -0.1) is 22.7 Å². The molecule has 1 aliphatic carbocycles. The molecule has 5 heterocycles. The number of hydrogen-bond donors (Lipinski definition) is 0. The molecule has 9 aromatic carbocycles. The summed E-state index contributed by atoms with van der Waals surface area (Å²) < 4.78 is 12.7. The lowest BCUT2D eigenvalue weighted by atomic mass is 9.91. The molecule has 0 unspecified atom stereocenters. The minimum absolute atomic E-state index is 0.901. The van der Waals surface area contributed by atoms with Crippen LogP contribution in [0.1, 0.15) is 16.9 Å². The van der Waals surface area contributed by atoms with Gasteiger partial charge >= 0.3 is 0 Å². The first kappa shape index (κ1) is 38.8. The van der Waals surface area contributed by atoms with Crippen molar-refractivity contribution in [2.24, 2.45) is 0 Å². The molecule has 15 rings (SSSR count). The number of furan rings is 1. The fourth-order valence-corrected chi connectivity index (χ4v) is 13.9. The number of para-hydroxylation sites is 4. The van der Waals surface area contributed by atoms with Crippen molar-refractivity contribution in [1.82, 2.24) is 9.13 Å². The number of benzene rings is 9. The largest absolute Gasteiger partial charge is 0.456 e. The Morgan fingerprint density at radius 2 is 0.855 bits per heavy atom. The fourth-order valence-electron chi connectivity index (χ4n) is 11.4. The number of aromatic nitrogens is 2. The highest BCUT2D eigenvalue weighted by molar-refractivity contribution is 7.23. The van der Waals surface area contributed by atoms with E-state index in [1.807, 2.05) is 22.7 Å². The van der Waals surface area contributed by atoms with Gasteiger partial charge in [0.15, 0.2) is 0 Å². The second-order valence-electron chi connectivity index (χ2n) is 18.3. The number of fused-ring (bicyclic) bond motifs is 11. The molecule has 5 aromatic heterocycles. The van der Waals surface area contributed by atoms with Crippen molar-refractivity contribution < 1.29 is 4.42 Å². The van der Waals surface area contributed by atoms with Gasteiger partial charge < -0.3 is 13.6 Å². The van der Waals surface area contributed by atoms with Crippen LogP contribution in [0, 0.1) is 0 Å². The van der Waals surface area contributed by atoms with E-state index in [1.165, 1.54) is 119 Å². The van der Waals surface area contributed by atoms with Crippen molar-refractivity contribution in [3.05, 3.63) is 223 Å². The molecule has 0 saturated carbocycles. The second kappa shape index (κ2) is 15.1. The van der Waals surface area contributed by atoms with Crippen LogP contribution in [0.15, 0.2) is 217 Å². The molecule has 0 N–H and O–H groups in total. The van der Waals surface area contributed by atoms with Crippen LogP contribution in [0.5, 0.6) is 0 Å². The lowest BCUT2D eigenvalue weighted by molar-refractivity contribution is 0.669. The quantitative estimate of drug-likeness (QED) is 0.163. The van der Waals surface area contributed by atoms with E-state index in [1.54, 1.807) is 0 Å². The third-order valence-electron chi connectivity index (χ3n) is 14.4. The molecule has 324 valence electrons. The summed E-state index contributed by atoms with van der Waals surface area (Å²) in [6.07, 6.45) is 6.75. The summed E-state index contributed by atoms with van der Waals surface area (Å²) in [5.74, 6) is 0. The van der Waals surface area contributed by atoms with Crippen LogP contribution in [-0.2, 0) is 6.42 Å². The predicted octanol–water partition coefficient (Wildman–Crippen LogP) is 18.7. The van der Waals surface area contributed by atoms with Crippen LogP contribution in [0.2, 0.25) is 0 Å². The van der Waals surface area contributed by atoms with Gasteiger partial charge in [-0.05, 0) is 150 Å². The van der Waals surface area contributed by atoms with Crippen LogP contribution in [0.3, 0.4) is 0 Å². The molecule has 0 amide bonds. The third-order valence-corrected chi connectivity index (χ3v) is 16.9. The summed E-state index contributed by atoms with van der Waals surface area (Å²) in [6.45, 7) is 0. The Morgan fingerprint density at radius 1 is 0.377 bits per heavy atom. The second-order valence-corrected chi connectivity index (χ2v) is 20.4. The average molecular weight is 917 g/mol. The molecule has 69 heavy (non-hydrogen) atoms. The number of thiophene rings is 2. The summed E-state index contributed by atoms with van der Waals surface area (Å²) in [5, 5.41) is 8.58. The van der Waals surface area contributed by atoms with Gasteiger partial charge in [0, 0.05) is 79.5 Å². The van der Waals surface area contributed by atoms with E-state index >= 15 is 0 Å². The number of nitrogens with zero attached hydrogens (tertiary/aromatic N) is 2. The predicted molar refractivity (Wildman–Crippen MR) is 295 cm³/mol. The summed E-state index contributed by atoms with van der Waals surface area (Å²) in [6, 6.07) is 75.8. The molecule has 0 atom stereocenters.